The van der Waals surface area contributed by atoms with Crippen LogP contribution in [0.25, 0.3) is 10.4 Å². The molecule has 0 fully saturated rings. The Kier molecular flexibility index (Phi) is 6.19. The lowest BCUT2D eigenvalue weighted by atomic mass is 10.2. The summed E-state index contributed by atoms with van der Waals surface area (Å²) < 4.78 is 5.12. The maximum atomic E-state index is 12.0. The van der Waals surface area contributed by atoms with E-state index in [1.807, 2.05) is 30.3 Å². The minimum Gasteiger partial charge on any atom is -0.445 e. The first-order valence-electron chi connectivity index (χ1n) is 7.07. The number of carbonyl (C=O) groups excluding carboxylic acids is 2. The third kappa shape index (κ3) is 5.36. The van der Waals surface area contributed by atoms with Crippen molar-refractivity contribution in [1.82, 2.24) is 10.6 Å². The number of amides is 3. The zero-order valence-corrected chi connectivity index (χ0v) is 12.6. The number of nitrogens with zero attached hydrogens (tertiary/aromatic N) is 3. The fraction of sp³-hybridized carbons (Fsp3) is 0.125. The lowest BCUT2D eigenvalue weighted by Gasteiger charge is -2.19. The summed E-state index contributed by atoms with van der Waals surface area (Å²) in [6, 6.07) is 17.0. The van der Waals surface area contributed by atoms with Gasteiger partial charge in [0, 0.05) is 10.0 Å². The van der Waals surface area contributed by atoms with Crippen LogP contribution in [0, 0.1) is 0 Å². The van der Waals surface area contributed by atoms with E-state index in [1.165, 1.54) is 0 Å². The van der Waals surface area contributed by atoms with E-state index >= 15 is 0 Å². The quantitative estimate of drug-likeness (QED) is 0.378. The number of hydrogen-bond donors (Lipinski definition) is 2. The SMILES string of the molecule is [N-]=[N+]=NC(=O)N[C@@H](NC(=O)OCc1ccccc1)c1ccccc1. The van der Waals surface area contributed by atoms with E-state index in [2.05, 4.69) is 20.7 Å². The van der Waals surface area contributed by atoms with Gasteiger partial charge in [0.05, 0.1) is 0 Å². The highest BCUT2D eigenvalue weighted by Crippen LogP contribution is 2.10. The van der Waals surface area contributed by atoms with Crippen molar-refractivity contribution >= 4 is 12.1 Å². The monoisotopic (exact) mass is 325 g/mol. The maximum absolute atomic E-state index is 12.0. The number of azide groups is 1. The molecule has 8 nitrogen and oxygen atoms in total. The largest absolute Gasteiger partial charge is 0.445 e. The van der Waals surface area contributed by atoms with Crippen molar-refractivity contribution in [3.05, 3.63) is 82.2 Å². The molecule has 2 aromatic carbocycles. The number of benzene rings is 2. The van der Waals surface area contributed by atoms with Crippen molar-refractivity contribution in [3.8, 4) is 0 Å². The molecule has 0 saturated carbocycles. The number of rotatable bonds is 5. The lowest BCUT2D eigenvalue weighted by molar-refractivity contribution is 0.134. The van der Waals surface area contributed by atoms with Crippen molar-refractivity contribution < 1.29 is 14.3 Å². The van der Waals surface area contributed by atoms with Gasteiger partial charge in [0.2, 0.25) is 0 Å². The molecule has 8 heteroatoms. The average molecular weight is 325 g/mol. The van der Waals surface area contributed by atoms with Crippen LogP contribution in [0.15, 0.2) is 65.8 Å². The number of hydrogen-bond acceptors (Lipinski definition) is 3. The fourth-order valence-corrected chi connectivity index (χ4v) is 1.92. The molecule has 0 heterocycles. The molecule has 122 valence electrons. The van der Waals surface area contributed by atoms with Gasteiger partial charge in [-0.2, -0.15) is 0 Å². The summed E-state index contributed by atoms with van der Waals surface area (Å²) in [6.07, 6.45) is -1.60. The van der Waals surface area contributed by atoms with Gasteiger partial charge in [-0.15, -0.1) is 0 Å². The highest BCUT2D eigenvalue weighted by atomic mass is 16.5. The number of alkyl carbamates (subject to hydrolysis) is 1. The Labute approximate surface area is 138 Å². The summed E-state index contributed by atoms with van der Waals surface area (Å²) in [5.41, 5.74) is 9.74. The van der Waals surface area contributed by atoms with E-state index in [-0.39, 0.29) is 6.61 Å². The van der Waals surface area contributed by atoms with Crippen LogP contribution < -0.4 is 10.6 Å². The third-order valence-corrected chi connectivity index (χ3v) is 3.01. The van der Waals surface area contributed by atoms with E-state index in [0.29, 0.717) is 5.56 Å². The molecule has 0 aromatic heterocycles. The molecule has 0 bridgehead atoms. The smallest absolute Gasteiger partial charge is 0.409 e. The van der Waals surface area contributed by atoms with Crippen molar-refractivity contribution in [2.75, 3.05) is 0 Å². The first-order chi connectivity index (χ1) is 11.7. The fourth-order valence-electron chi connectivity index (χ4n) is 1.92. The van der Waals surface area contributed by atoms with E-state index in [0.717, 1.165) is 5.56 Å². The Bertz CT molecular complexity index is 730. The first kappa shape index (κ1) is 16.9. The molecule has 0 radical (unpaired) electrons. The number of nitrogens with one attached hydrogen (secondary N) is 2. The molecule has 2 N–H and O–H groups in total. The molecular weight excluding hydrogens is 310 g/mol. The number of ether oxygens (including phenoxy) is 1. The van der Waals surface area contributed by atoms with Gasteiger partial charge < -0.3 is 10.1 Å². The van der Waals surface area contributed by atoms with Gasteiger partial charge in [-0.1, -0.05) is 60.7 Å². The zero-order valence-electron chi connectivity index (χ0n) is 12.6. The molecule has 1 atom stereocenters. The van der Waals surface area contributed by atoms with Gasteiger partial charge in [0.1, 0.15) is 12.8 Å². The second-order valence-electron chi connectivity index (χ2n) is 4.69. The molecule has 2 rings (SSSR count). The van der Waals surface area contributed by atoms with Gasteiger partial charge in [-0.05, 0) is 16.7 Å². The summed E-state index contributed by atoms with van der Waals surface area (Å²) >= 11 is 0. The zero-order chi connectivity index (χ0) is 17.2. The Hall–Kier alpha value is -3.51. The molecule has 24 heavy (non-hydrogen) atoms. The van der Waals surface area contributed by atoms with Crippen LogP contribution in [0.5, 0.6) is 0 Å². The summed E-state index contributed by atoms with van der Waals surface area (Å²) in [6.45, 7) is 0.0957. The third-order valence-electron chi connectivity index (χ3n) is 3.01. The summed E-state index contributed by atoms with van der Waals surface area (Å²) in [4.78, 5) is 25.8. The predicted molar refractivity (Wildman–Crippen MR) is 86.6 cm³/mol. The van der Waals surface area contributed by atoms with E-state index in [4.69, 9.17) is 10.3 Å². The van der Waals surface area contributed by atoms with E-state index in [9.17, 15) is 9.59 Å². The standard InChI is InChI=1S/C16H15N5O3/c17-21-20-15(22)18-14(13-9-5-2-6-10-13)19-16(23)24-11-12-7-3-1-4-8-12/h1-10,14H,11H2,(H,18,22)(H,19,23)/t14-/m0/s1. The molecule has 0 spiro atoms. The van der Waals surface area contributed by atoms with Crippen LogP contribution in [-0.2, 0) is 11.3 Å². The van der Waals surface area contributed by atoms with Gasteiger partial charge >= 0.3 is 12.1 Å². The van der Waals surface area contributed by atoms with Crippen molar-refractivity contribution in [1.29, 1.82) is 0 Å². The Balaban J connectivity index is 2.00. The predicted octanol–water partition coefficient (Wildman–Crippen LogP) is 3.63. The van der Waals surface area contributed by atoms with Crippen LogP contribution in [0.3, 0.4) is 0 Å². The van der Waals surface area contributed by atoms with Gasteiger partial charge in [0.25, 0.3) is 0 Å². The van der Waals surface area contributed by atoms with Crippen molar-refractivity contribution in [3.63, 3.8) is 0 Å². The minimum absolute atomic E-state index is 0.0957. The summed E-state index contributed by atoms with van der Waals surface area (Å²) in [5, 5.41) is 7.84. The summed E-state index contributed by atoms with van der Waals surface area (Å²) in [5.74, 6) is 0. The molecule has 0 aliphatic heterocycles. The minimum atomic E-state index is -0.908. The Morgan fingerprint density at radius 2 is 1.67 bits per heavy atom. The molecule has 3 amide bonds. The van der Waals surface area contributed by atoms with Crippen LogP contribution >= 0.6 is 0 Å². The van der Waals surface area contributed by atoms with Gasteiger partial charge in [-0.25, -0.2) is 4.79 Å². The Morgan fingerprint density at radius 3 is 2.29 bits per heavy atom. The van der Waals surface area contributed by atoms with Crippen molar-refractivity contribution in [2.24, 2.45) is 5.11 Å². The molecule has 2 aromatic rings. The molecular formula is C16H15N5O3. The average Bonchev–Trinajstić information content (AvgIpc) is 2.61. The highest BCUT2D eigenvalue weighted by molar-refractivity contribution is 5.76. The lowest BCUT2D eigenvalue weighted by Crippen LogP contribution is -2.40. The second-order valence-corrected chi connectivity index (χ2v) is 4.69. The molecule has 0 aliphatic carbocycles. The van der Waals surface area contributed by atoms with Gasteiger partial charge in [-0.3, -0.25) is 10.1 Å². The molecule has 0 saturated heterocycles. The van der Waals surface area contributed by atoms with Crippen LogP contribution in [0.1, 0.15) is 17.3 Å². The second kappa shape index (κ2) is 8.82. The summed E-state index contributed by atoms with van der Waals surface area (Å²) in [7, 11) is 0. The normalized spacial score (nSPS) is 10.8. The highest BCUT2D eigenvalue weighted by Gasteiger charge is 2.17. The van der Waals surface area contributed by atoms with Crippen LogP contribution in [0.4, 0.5) is 9.59 Å². The number of carbonyl (C=O) groups is 2. The van der Waals surface area contributed by atoms with E-state index in [1.54, 1.807) is 30.3 Å². The maximum Gasteiger partial charge on any atom is 0.409 e. The van der Waals surface area contributed by atoms with Crippen LogP contribution in [-0.4, -0.2) is 12.1 Å². The number of urea groups is 1. The molecule has 0 aliphatic rings. The van der Waals surface area contributed by atoms with Crippen LogP contribution in [0.2, 0.25) is 0 Å². The van der Waals surface area contributed by atoms with E-state index < -0.39 is 18.3 Å². The first-order valence-corrected chi connectivity index (χ1v) is 7.07. The molecule has 0 unspecified atom stereocenters. The van der Waals surface area contributed by atoms with Gasteiger partial charge in [0.15, 0.2) is 0 Å². The van der Waals surface area contributed by atoms with Crippen molar-refractivity contribution in [2.45, 2.75) is 12.8 Å². The Morgan fingerprint density at radius 1 is 1.04 bits per heavy atom. The topological polar surface area (TPSA) is 116 Å².